The Bertz CT molecular complexity index is 1590. The minimum atomic E-state index is -1.09. The first-order chi connectivity index (χ1) is 21.8. The van der Waals surface area contributed by atoms with Crippen LogP contribution >= 0.6 is 11.9 Å². The number of hydrogen-bond acceptors (Lipinski definition) is 8. The van der Waals surface area contributed by atoms with Crippen molar-refractivity contribution in [3.05, 3.63) is 123 Å². The smallest absolute Gasteiger partial charge is 0.337 e. The van der Waals surface area contributed by atoms with Crippen LogP contribution in [-0.4, -0.2) is 29.1 Å². The molecule has 234 valence electrons. The van der Waals surface area contributed by atoms with Gasteiger partial charge in [0.1, 0.15) is 23.9 Å². The van der Waals surface area contributed by atoms with Gasteiger partial charge < -0.3 is 19.9 Å². The lowest BCUT2D eigenvalue weighted by Gasteiger charge is -2.29. The zero-order valence-corrected chi connectivity index (χ0v) is 26.0. The monoisotopic (exact) mass is 628 g/mol. The Labute approximate surface area is 266 Å². The lowest BCUT2D eigenvalue weighted by molar-refractivity contribution is -0.115. The summed E-state index contributed by atoms with van der Waals surface area (Å²) in [5.41, 5.74) is 3.65. The fourth-order valence-corrected chi connectivity index (χ4v) is 6.04. The molecule has 0 radical (unpaired) electrons. The second kappa shape index (κ2) is 15.9. The highest BCUT2D eigenvalue weighted by Crippen LogP contribution is 2.34. The molecule has 4 aromatic rings. The number of carboxylic acids is 1. The van der Waals surface area contributed by atoms with Crippen molar-refractivity contribution in [2.75, 3.05) is 11.9 Å². The predicted molar refractivity (Wildman–Crippen MR) is 177 cm³/mol. The highest BCUT2D eigenvalue weighted by Gasteiger charge is 2.35. The molecule has 1 saturated carbocycles. The molecule has 3 N–H and O–H groups in total. The van der Waals surface area contributed by atoms with E-state index >= 15 is 0 Å². The number of anilines is 1. The van der Waals surface area contributed by atoms with Crippen LogP contribution in [0.2, 0.25) is 0 Å². The van der Waals surface area contributed by atoms with Crippen LogP contribution in [0.25, 0.3) is 0 Å². The lowest BCUT2D eigenvalue weighted by Crippen LogP contribution is -2.44. The number of carbonyl (C=O) groups excluding carboxylic acids is 1. The standard InChI is InChI=1S/C35H36N2O5S.O2/c1-24-9-18-30(21-25(24)2)43-37-35(19-5-6-20-35)23-41-27-14-16-29(17-15-27)42-28-12-10-26(11-13-28)22-33(38)36-32-8-4-3-7-31(32)34(39)40;1-2/h3-4,7-18,21,37H,5-6,19-20,22-23H2,1-2H3,(H,36,38)(H,39,40);. The number of aryl methyl sites for hydroxylation is 2. The quantitative estimate of drug-likeness (QED) is 0.133. The van der Waals surface area contributed by atoms with Crippen LogP contribution < -0.4 is 19.5 Å². The number of carboxylic acid groups (broad SMARTS) is 1. The van der Waals surface area contributed by atoms with Gasteiger partial charge in [-0.25, -0.2) is 4.79 Å². The zero-order chi connectivity index (χ0) is 32.2. The van der Waals surface area contributed by atoms with Crippen molar-refractivity contribution in [3.8, 4) is 17.2 Å². The molecule has 0 atom stereocenters. The van der Waals surface area contributed by atoms with Crippen molar-refractivity contribution in [1.82, 2.24) is 4.72 Å². The van der Waals surface area contributed by atoms with Crippen LogP contribution in [0.1, 0.15) is 52.7 Å². The molecule has 9 nitrogen and oxygen atoms in total. The average Bonchev–Trinajstić information content (AvgIpc) is 3.52. The van der Waals surface area contributed by atoms with Gasteiger partial charge in [0.25, 0.3) is 0 Å². The van der Waals surface area contributed by atoms with Crippen molar-refractivity contribution < 1.29 is 24.2 Å². The number of aromatic carboxylic acids is 1. The number of nitrogens with one attached hydrogen (secondary N) is 2. The number of para-hydroxylation sites is 1. The molecule has 1 aliphatic rings. The van der Waals surface area contributed by atoms with Gasteiger partial charge in [0.05, 0.1) is 23.2 Å². The number of hydrogen-bond donors (Lipinski definition) is 3. The third-order valence-electron chi connectivity index (χ3n) is 7.72. The molecule has 0 heterocycles. The summed E-state index contributed by atoms with van der Waals surface area (Å²) >= 11 is 1.69. The van der Waals surface area contributed by atoms with E-state index in [-0.39, 0.29) is 29.1 Å². The number of ether oxygens (including phenoxy) is 2. The third-order valence-corrected chi connectivity index (χ3v) is 8.74. The number of benzene rings is 4. The Morgan fingerprint density at radius 2 is 1.44 bits per heavy atom. The topological polar surface area (TPSA) is 131 Å². The summed E-state index contributed by atoms with van der Waals surface area (Å²) in [5, 5.41) is 12.0. The van der Waals surface area contributed by atoms with Crippen molar-refractivity contribution in [2.24, 2.45) is 0 Å². The van der Waals surface area contributed by atoms with E-state index in [1.165, 1.54) is 34.9 Å². The highest BCUT2D eigenvalue weighted by molar-refractivity contribution is 7.97. The van der Waals surface area contributed by atoms with E-state index in [1.807, 2.05) is 36.4 Å². The predicted octanol–water partition coefficient (Wildman–Crippen LogP) is 8.03. The Hall–Kier alpha value is -4.67. The summed E-state index contributed by atoms with van der Waals surface area (Å²) in [6, 6.07) is 27.8. The van der Waals surface area contributed by atoms with Crippen molar-refractivity contribution in [1.29, 1.82) is 0 Å². The van der Waals surface area contributed by atoms with Crippen molar-refractivity contribution in [3.63, 3.8) is 0 Å². The van der Waals surface area contributed by atoms with Gasteiger partial charge in [-0.2, -0.15) is 0 Å². The summed E-state index contributed by atoms with van der Waals surface area (Å²) in [7, 11) is 0. The van der Waals surface area contributed by atoms with Gasteiger partial charge in [0.2, 0.25) is 5.91 Å². The molecule has 1 aliphatic carbocycles. The van der Waals surface area contributed by atoms with E-state index in [0.29, 0.717) is 18.1 Å². The first kappa shape index (κ1) is 33.2. The molecule has 5 rings (SSSR count). The summed E-state index contributed by atoms with van der Waals surface area (Å²) in [4.78, 5) is 39.1. The van der Waals surface area contributed by atoms with Gasteiger partial charge >= 0.3 is 5.97 Å². The Morgan fingerprint density at radius 1 is 0.822 bits per heavy atom. The summed E-state index contributed by atoms with van der Waals surface area (Å²) < 4.78 is 16.0. The van der Waals surface area contributed by atoms with Crippen molar-refractivity contribution >= 4 is 29.5 Å². The minimum Gasteiger partial charge on any atom is -0.492 e. The maximum absolute atomic E-state index is 12.5. The van der Waals surface area contributed by atoms with Gasteiger partial charge in [-0.3, -0.25) is 9.52 Å². The average molecular weight is 629 g/mol. The van der Waals surface area contributed by atoms with Crippen LogP contribution in [-0.2, 0) is 11.2 Å². The molecule has 0 aliphatic heterocycles. The molecular weight excluding hydrogens is 592 g/mol. The molecule has 0 saturated heterocycles. The van der Waals surface area contributed by atoms with Gasteiger partial charge in [0, 0.05) is 14.8 Å². The molecule has 0 unspecified atom stereocenters. The molecular formula is C35H36N2O7S. The summed E-state index contributed by atoms with van der Waals surface area (Å²) in [5.74, 6) is 0.738. The number of rotatable bonds is 12. The maximum atomic E-state index is 12.5. The summed E-state index contributed by atoms with van der Waals surface area (Å²) in [6.45, 7) is 4.88. The Morgan fingerprint density at radius 3 is 2.09 bits per heavy atom. The van der Waals surface area contributed by atoms with E-state index < -0.39 is 5.97 Å². The lowest BCUT2D eigenvalue weighted by atomic mass is 10.0. The van der Waals surface area contributed by atoms with Crippen LogP contribution in [0.15, 0.2) is 95.9 Å². The largest absolute Gasteiger partial charge is 0.492 e. The molecule has 0 aromatic heterocycles. The van der Waals surface area contributed by atoms with Gasteiger partial charge in [-0.15, -0.1) is 0 Å². The van der Waals surface area contributed by atoms with Crippen LogP contribution in [0.3, 0.4) is 0 Å². The molecule has 10 heteroatoms. The normalized spacial score (nSPS) is 13.3. The highest BCUT2D eigenvalue weighted by atomic mass is 32.2. The maximum Gasteiger partial charge on any atom is 0.337 e. The molecule has 1 amide bonds. The van der Waals surface area contributed by atoms with Gasteiger partial charge in [0.15, 0.2) is 0 Å². The zero-order valence-electron chi connectivity index (χ0n) is 25.2. The van der Waals surface area contributed by atoms with E-state index in [0.717, 1.165) is 24.2 Å². The second-order valence-corrected chi connectivity index (χ2v) is 11.9. The van der Waals surface area contributed by atoms with E-state index in [2.05, 4.69) is 42.1 Å². The van der Waals surface area contributed by atoms with Gasteiger partial charge in [-0.1, -0.05) is 43.2 Å². The molecule has 1 fully saturated rings. The van der Waals surface area contributed by atoms with E-state index in [1.54, 1.807) is 42.3 Å². The first-order valence-corrected chi connectivity index (χ1v) is 15.4. The Balaban J connectivity index is 0.00000226. The first-order valence-electron chi connectivity index (χ1n) is 14.6. The number of carbonyl (C=O) groups is 2. The van der Waals surface area contributed by atoms with Gasteiger partial charge in [-0.05, 0) is 116 Å². The molecule has 0 spiro atoms. The number of amides is 1. The minimum absolute atomic E-state index is 0.0536. The summed E-state index contributed by atoms with van der Waals surface area (Å²) in [6.07, 6.45) is 4.66. The van der Waals surface area contributed by atoms with Crippen LogP contribution in [0.4, 0.5) is 5.69 Å². The molecule has 0 bridgehead atoms. The third kappa shape index (κ3) is 9.41. The molecule has 45 heavy (non-hydrogen) atoms. The van der Waals surface area contributed by atoms with Crippen molar-refractivity contribution in [2.45, 2.75) is 56.4 Å². The fourth-order valence-electron chi connectivity index (χ4n) is 5.07. The molecule has 4 aromatic carbocycles. The van der Waals surface area contributed by atoms with Crippen LogP contribution in [0.5, 0.6) is 17.2 Å². The fraction of sp³-hybridized carbons (Fsp3) is 0.257. The second-order valence-electron chi connectivity index (χ2n) is 11.0. The Kier molecular flexibility index (Phi) is 11.7. The SMILES string of the molecule is Cc1ccc(SNC2(COc3ccc(Oc4ccc(CC(=O)Nc5ccccc5C(=O)O)cc4)cc3)CCCC2)cc1C.O=O. The van der Waals surface area contributed by atoms with E-state index in [4.69, 9.17) is 19.4 Å². The van der Waals surface area contributed by atoms with E-state index in [9.17, 15) is 14.7 Å². The van der Waals surface area contributed by atoms with Crippen LogP contribution in [0, 0.1) is 23.8 Å².